The Labute approximate surface area is 169 Å². The van der Waals surface area contributed by atoms with Gasteiger partial charge in [-0.25, -0.2) is 9.88 Å². The average Bonchev–Trinajstić information content (AvgIpc) is 3.14. The molecule has 2 heterocycles. The zero-order valence-electron chi connectivity index (χ0n) is 15.1. The smallest absolute Gasteiger partial charge is 0.309 e. The van der Waals surface area contributed by atoms with E-state index in [2.05, 4.69) is 10.3 Å². The molecule has 1 saturated heterocycles. The van der Waals surface area contributed by atoms with E-state index in [0.29, 0.717) is 11.4 Å². The van der Waals surface area contributed by atoms with Gasteiger partial charge < -0.3 is 10.4 Å². The number of nitrogens with zero attached hydrogens (tertiary/aromatic N) is 2. The lowest BCUT2D eigenvalue weighted by molar-refractivity contribution is -0.136. The largest absolute Gasteiger partial charge is 0.481 e. The Morgan fingerprint density at radius 3 is 2.75 bits per heavy atom. The van der Waals surface area contributed by atoms with Crippen molar-refractivity contribution in [3.05, 3.63) is 40.4 Å². The molecule has 3 rings (SSSR count). The van der Waals surface area contributed by atoms with E-state index < -0.39 is 28.3 Å². The van der Waals surface area contributed by atoms with Crippen LogP contribution in [0.3, 0.4) is 0 Å². The van der Waals surface area contributed by atoms with E-state index >= 15 is 0 Å². The van der Waals surface area contributed by atoms with Gasteiger partial charge in [-0.2, -0.15) is 0 Å². The van der Waals surface area contributed by atoms with Crippen LogP contribution in [0.1, 0.15) is 23.2 Å². The first-order chi connectivity index (χ1) is 13.2. The third-order valence-electron chi connectivity index (χ3n) is 4.03. The lowest BCUT2D eigenvalue weighted by Gasteiger charge is -2.17. The number of aliphatic carboxylic acids is 1. The number of amides is 3. The predicted octanol–water partition coefficient (Wildman–Crippen LogP) is 2.98. The quantitative estimate of drug-likeness (QED) is 0.739. The Morgan fingerprint density at radius 1 is 1.29 bits per heavy atom. The number of thiazole rings is 1. The van der Waals surface area contributed by atoms with Gasteiger partial charge in [0.2, 0.25) is 11.8 Å². The monoisotopic (exact) mass is 419 g/mol. The third kappa shape index (κ3) is 4.39. The second-order valence-electron chi connectivity index (χ2n) is 6.30. The number of carbonyl (C=O) groups excluding carboxylic acids is 3. The lowest BCUT2D eigenvalue weighted by Crippen LogP contribution is -2.33. The highest BCUT2D eigenvalue weighted by Gasteiger charge is 2.42. The second kappa shape index (κ2) is 8.11. The summed E-state index contributed by atoms with van der Waals surface area (Å²) in [5, 5.41) is 11.9. The second-order valence-corrected chi connectivity index (χ2v) is 8.31. The van der Waals surface area contributed by atoms with Gasteiger partial charge in [0.1, 0.15) is 5.25 Å². The average molecular weight is 419 g/mol. The standard InChI is InChI=1S/C18H17N3O5S2/c1-9-3-4-10(2)12(5-9)21-16(25)13(28-18(21)26)7-14(22)20-17-19-11(8-27-17)6-15(23)24/h3-5,8,13H,6-7H2,1-2H3,(H,23,24)(H,19,20,22). The number of carboxylic acid groups (broad SMARTS) is 1. The number of carbonyl (C=O) groups is 4. The first-order valence-corrected chi connectivity index (χ1v) is 10.1. The van der Waals surface area contributed by atoms with Crippen LogP contribution in [0.25, 0.3) is 0 Å². The summed E-state index contributed by atoms with van der Waals surface area (Å²) < 4.78 is 0. The molecule has 1 atom stereocenters. The third-order valence-corrected chi connectivity index (χ3v) is 5.87. The van der Waals surface area contributed by atoms with Crippen LogP contribution in [0.2, 0.25) is 0 Å². The van der Waals surface area contributed by atoms with Crippen LogP contribution in [-0.2, 0) is 20.8 Å². The molecule has 0 spiro atoms. The van der Waals surface area contributed by atoms with Crippen LogP contribution in [-0.4, -0.2) is 38.4 Å². The number of carboxylic acids is 1. The first-order valence-electron chi connectivity index (χ1n) is 8.32. The predicted molar refractivity (Wildman–Crippen MR) is 107 cm³/mol. The molecular weight excluding hydrogens is 402 g/mol. The first kappa shape index (κ1) is 20.0. The fraction of sp³-hybridized carbons (Fsp3) is 0.278. The van der Waals surface area contributed by atoms with Crippen molar-refractivity contribution in [2.45, 2.75) is 31.9 Å². The van der Waals surface area contributed by atoms with Crippen molar-refractivity contribution >= 4 is 56.9 Å². The molecule has 146 valence electrons. The number of hydrogen-bond acceptors (Lipinski definition) is 7. The summed E-state index contributed by atoms with van der Waals surface area (Å²) in [7, 11) is 0. The summed E-state index contributed by atoms with van der Waals surface area (Å²) >= 11 is 1.93. The minimum absolute atomic E-state index is 0.176. The normalized spacial score (nSPS) is 16.5. The molecule has 8 nitrogen and oxygen atoms in total. The van der Waals surface area contributed by atoms with E-state index in [4.69, 9.17) is 5.11 Å². The Morgan fingerprint density at radius 2 is 2.04 bits per heavy atom. The van der Waals surface area contributed by atoms with Crippen LogP contribution in [0.4, 0.5) is 15.6 Å². The van der Waals surface area contributed by atoms with Gasteiger partial charge in [0.25, 0.3) is 5.24 Å². The summed E-state index contributed by atoms with van der Waals surface area (Å²) in [5.74, 6) is -1.90. The molecular formula is C18H17N3O5S2. The van der Waals surface area contributed by atoms with Crippen LogP contribution < -0.4 is 10.2 Å². The van der Waals surface area contributed by atoms with Crippen molar-refractivity contribution in [3.8, 4) is 0 Å². The maximum atomic E-state index is 12.7. The number of aryl methyl sites for hydroxylation is 2. The topological polar surface area (TPSA) is 117 Å². The minimum Gasteiger partial charge on any atom is -0.481 e. The molecule has 0 aliphatic carbocycles. The van der Waals surface area contributed by atoms with Crippen LogP contribution in [0.15, 0.2) is 23.6 Å². The van der Waals surface area contributed by atoms with E-state index in [-0.39, 0.29) is 18.0 Å². The maximum absolute atomic E-state index is 12.7. The van der Waals surface area contributed by atoms with Gasteiger partial charge in [-0.05, 0) is 42.8 Å². The van der Waals surface area contributed by atoms with Gasteiger partial charge in [0, 0.05) is 11.8 Å². The van der Waals surface area contributed by atoms with Gasteiger partial charge in [0.05, 0.1) is 17.8 Å². The summed E-state index contributed by atoms with van der Waals surface area (Å²) in [4.78, 5) is 53.2. The molecule has 0 saturated carbocycles. The highest BCUT2D eigenvalue weighted by molar-refractivity contribution is 8.15. The highest BCUT2D eigenvalue weighted by Crippen LogP contribution is 2.35. The molecule has 1 aliphatic heterocycles. The maximum Gasteiger partial charge on any atom is 0.309 e. The van der Waals surface area contributed by atoms with Crippen LogP contribution in [0.5, 0.6) is 0 Å². The van der Waals surface area contributed by atoms with E-state index in [9.17, 15) is 19.2 Å². The Bertz CT molecular complexity index is 972. The molecule has 28 heavy (non-hydrogen) atoms. The number of thioether (sulfide) groups is 1. The molecule has 1 unspecified atom stereocenters. The van der Waals surface area contributed by atoms with Crippen molar-refractivity contribution in [2.75, 3.05) is 10.2 Å². The molecule has 1 fully saturated rings. The summed E-state index contributed by atoms with van der Waals surface area (Å²) in [6, 6.07) is 5.51. The Balaban J connectivity index is 1.66. The van der Waals surface area contributed by atoms with Gasteiger partial charge in [0.15, 0.2) is 5.13 Å². The molecule has 0 radical (unpaired) electrons. The number of anilines is 2. The van der Waals surface area contributed by atoms with E-state index in [0.717, 1.165) is 39.1 Å². The number of imide groups is 1. The molecule has 1 aliphatic rings. The minimum atomic E-state index is -1.01. The lowest BCUT2D eigenvalue weighted by atomic mass is 10.1. The fourth-order valence-electron chi connectivity index (χ4n) is 2.70. The number of hydrogen-bond donors (Lipinski definition) is 2. The molecule has 1 aromatic heterocycles. The molecule has 1 aromatic carbocycles. The van der Waals surface area contributed by atoms with Gasteiger partial charge in [-0.1, -0.05) is 12.1 Å². The van der Waals surface area contributed by atoms with Crippen LogP contribution >= 0.6 is 23.1 Å². The molecule has 3 amide bonds. The summed E-state index contributed by atoms with van der Waals surface area (Å²) in [6.45, 7) is 3.69. The zero-order valence-corrected chi connectivity index (χ0v) is 16.7. The summed E-state index contributed by atoms with van der Waals surface area (Å²) in [5.41, 5.74) is 2.60. The van der Waals surface area contributed by atoms with Crippen molar-refractivity contribution in [3.63, 3.8) is 0 Å². The molecule has 0 bridgehead atoms. The molecule has 2 N–H and O–H groups in total. The fourth-order valence-corrected chi connectivity index (χ4v) is 4.41. The van der Waals surface area contributed by atoms with E-state index in [1.54, 1.807) is 11.4 Å². The van der Waals surface area contributed by atoms with Crippen LogP contribution in [0, 0.1) is 13.8 Å². The van der Waals surface area contributed by atoms with Crippen molar-refractivity contribution < 1.29 is 24.3 Å². The highest BCUT2D eigenvalue weighted by atomic mass is 32.2. The van der Waals surface area contributed by atoms with Crippen molar-refractivity contribution in [1.82, 2.24) is 4.98 Å². The zero-order chi connectivity index (χ0) is 20.4. The molecule has 2 aromatic rings. The van der Waals surface area contributed by atoms with Crippen molar-refractivity contribution in [1.29, 1.82) is 0 Å². The van der Waals surface area contributed by atoms with E-state index in [1.807, 2.05) is 26.0 Å². The summed E-state index contributed by atoms with van der Waals surface area (Å²) in [6.07, 6.45) is -0.410. The van der Waals surface area contributed by atoms with Gasteiger partial charge >= 0.3 is 5.97 Å². The Kier molecular flexibility index (Phi) is 5.80. The van der Waals surface area contributed by atoms with Gasteiger partial charge in [-0.3, -0.25) is 19.2 Å². The van der Waals surface area contributed by atoms with Gasteiger partial charge in [-0.15, -0.1) is 11.3 Å². The van der Waals surface area contributed by atoms with E-state index in [1.165, 1.54) is 0 Å². The number of nitrogens with one attached hydrogen (secondary N) is 1. The SMILES string of the molecule is Cc1ccc(C)c(N2C(=O)SC(CC(=O)Nc3nc(CC(=O)O)cs3)C2=O)c1. The van der Waals surface area contributed by atoms with Crippen molar-refractivity contribution in [2.24, 2.45) is 0 Å². The molecule has 10 heteroatoms. The number of rotatable bonds is 6. The number of aromatic nitrogens is 1. The Hall–Kier alpha value is -2.72. The number of benzene rings is 1.